The molecule has 1 aliphatic carbocycles. The van der Waals surface area contributed by atoms with E-state index in [2.05, 4.69) is 4.98 Å². The lowest BCUT2D eigenvalue weighted by Crippen LogP contribution is -2.49. The van der Waals surface area contributed by atoms with Crippen LogP contribution in [0.25, 0.3) is 0 Å². The SMILES string of the molecule is O=C(c1cccc(=O)[nH]1)N1CCCCC1C1CCCC1O. The Hall–Kier alpha value is -1.62. The Labute approximate surface area is 124 Å². The number of carbonyl (C=O) groups is 1. The summed E-state index contributed by atoms with van der Waals surface area (Å²) in [5.41, 5.74) is 0.0946. The topological polar surface area (TPSA) is 73.4 Å². The molecular weight excluding hydrogens is 268 g/mol. The van der Waals surface area contributed by atoms with Crippen LogP contribution < -0.4 is 5.56 Å². The highest BCUT2D eigenvalue weighted by atomic mass is 16.3. The lowest BCUT2D eigenvalue weighted by molar-refractivity contribution is 0.0283. The first-order valence-electron chi connectivity index (χ1n) is 7.85. The van der Waals surface area contributed by atoms with Crippen molar-refractivity contribution in [2.45, 2.75) is 50.7 Å². The Kier molecular flexibility index (Phi) is 4.10. The molecule has 0 bridgehead atoms. The normalized spacial score (nSPS) is 29.6. The van der Waals surface area contributed by atoms with Crippen LogP contribution >= 0.6 is 0 Å². The van der Waals surface area contributed by atoms with Crippen molar-refractivity contribution in [1.82, 2.24) is 9.88 Å². The first kappa shape index (κ1) is 14.3. The van der Waals surface area contributed by atoms with E-state index in [9.17, 15) is 14.7 Å². The number of piperidine rings is 1. The standard InChI is InChI=1S/C16H22N2O3/c19-14-8-3-5-11(14)13-7-1-2-10-18(13)16(21)12-6-4-9-15(20)17-12/h4,6,9,11,13-14,19H,1-3,5,7-8,10H2,(H,17,20). The maximum absolute atomic E-state index is 12.7. The smallest absolute Gasteiger partial charge is 0.270 e. The van der Waals surface area contributed by atoms with Crippen LogP contribution in [-0.4, -0.2) is 39.6 Å². The molecule has 0 spiro atoms. The van der Waals surface area contributed by atoms with Crippen LogP contribution in [-0.2, 0) is 0 Å². The first-order chi connectivity index (χ1) is 10.2. The average molecular weight is 290 g/mol. The van der Waals surface area contributed by atoms with Gasteiger partial charge < -0.3 is 15.0 Å². The lowest BCUT2D eigenvalue weighted by atomic mass is 9.87. The molecule has 21 heavy (non-hydrogen) atoms. The number of carbonyl (C=O) groups excluding carboxylic acids is 1. The summed E-state index contributed by atoms with van der Waals surface area (Å²) >= 11 is 0. The number of likely N-dealkylation sites (tertiary alicyclic amines) is 1. The molecule has 1 aromatic heterocycles. The molecule has 1 amide bonds. The number of pyridine rings is 1. The zero-order valence-electron chi connectivity index (χ0n) is 12.1. The summed E-state index contributed by atoms with van der Waals surface area (Å²) in [6.07, 6.45) is 5.60. The molecule has 1 saturated carbocycles. The highest BCUT2D eigenvalue weighted by molar-refractivity contribution is 5.92. The molecular formula is C16H22N2O3. The third-order valence-electron chi connectivity index (χ3n) is 4.83. The van der Waals surface area contributed by atoms with Crippen LogP contribution in [0.1, 0.15) is 49.0 Å². The lowest BCUT2D eigenvalue weighted by Gasteiger charge is -2.40. The molecule has 2 fully saturated rings. The number of aliphatic hydroxyl groups is 1. The number of aromatic nitrogens is 1. The highest BCUT2D eigenvalue weighted by Crippen LogP contribution is 2.35. The molecule has 2 heterocycles. The van der Waals surface area contributed by atoms with Gasteiger partial charge in [-0.25, -0.2) is 0 Å². The van der Waals surface area contributed by atoms with Crippen molar-refractivity contribution in [2.24, 2.45) is 5.92 Å². The molecule has 1 aromatic rings. The second-order valence-electron chi connectivity index (χ2n) is 6.15. The molecule has 5 heteroatoms. The van der Waals surface area contributed by atoms with E-state index in [1.807, 2.05) is 4.90 Å². The number of hydrogen-bond donors (Lipinski definition) is 2. The van der Waals surface area contributed by atoms with Gasteiger partial charge in [0.2, 0.25) is 5.56 Å². The molecule has 114 valence electrons. The van der Waals surface area contributed by atoms with Gasteiger partial charge in [-0.05, 0) is 38.2 Å². The molecule has 0 aromatic carbocycles. The predicted molar refractivity (Wildman–Crippen MR) is 79.1 cm³/mol. The number of nitrogens with one attached hydrogen (secondary N) is 1. The third kappa shape index (κ3) is 2.88. The van der Waals surface area contributed by atoms with E-state index in [1.165, 1.54) is 6.07 Å². The number of aliphatic hydroxyl groups excluding tert-OH is 1. The van der Waals surface area contributed by atoms with Crippen LogP contribution in [0.3, 0.4) is 0 Å². The van der Waals surface area contributed by atoms with Gasteiger partial charge in [-0.3, -0.25) is 9.59 Å². The number of hydrogen-bond acceptors (Lipinski definition) is 3. The Bertz CT molecular complexity index is 569. The van der Waals surface area contributed by atoms with Crippen molar-refractivity contribution in [3.63, 3.8) is 0 Å². The van der Waals surface area contributed by atoms with Gasteiger partial charge in [0.15, 0.2) is 0 Å². The molecule has 1 saturated heterocycles. The molecule has 5 nitrogen and oxygen atoms in total. The van der Waals surface area contributed by atoms with Crippen LogP contribution in [0.5, 0.6) is 0 Å². The molecule has 2 aliphatic rings. The predicted octanol–water partition coefficient (Wildman–Crippen LogP) is 1.53. The maximum atomic E-state index is 12.7. The minimum absolute atomic E-state index is 0.104. The molecule has 3 rings (SSSR count). The monoisotopic (exact) mass is 290 g/mol. The van der Waals surface area contributed by atoms with Crippen molar-refractivity contribution >= 4 is 5.91 Å². The fourth-order valence-electron chi connectivity index (χ4n) is 3.80. The van der Waals surface area contributed by atoms with Crippen molar-refractivity contribution in [2.75, 3.05) is 6.54 Å². The zero-order valence-corrected chi connectivity index (χ0v) is 12.1. The van der Waals surface area contributed by atoms with Crippen molar-refractivity contribution < 1.29 is 9.90 Å². The van der Waals surface area contributed by atoms with Gasteiger partial charge in [0.05, 0.1) is 6.10 Å². The fraction of sp³-hybridized carbons (Fsp3) is 0.625. The summed E-state index contributed by atoms with van der Waals surface area (Å²) in [5.74, 6) is 0.0705. The second-order valence-corrected chi connectivity index (χ2v) is 6.15. The van der Waals surface area contributed by atoms with E-state index in [0.717, 1.165) is 38.5 Å². The number of nitrogens with zero attached hydrogens (tertiary/aromatic N) is 1. The zero-order chi connectivity index (χ0) is 14.8. The van der Waals surface area contributed by atoms with Gasteiger partial charge in [-0.2, -0.15) is 0 Å². The summed E-state index contributed by atoms with van der Waals surface area (Å²) in [6.45, 7) is 0.712. The number of H-pyrrole nitrogens is 1. The maximum Gasteiger partial charge on any atom is 0.270 e. The number of amides is 1. The quantitative estimate of drug-likeness (QED) is 0.867. The van der Waals surface area contributed by atoms with Gasteiger partial charge in [-0.1, -0.05) is 12.5 Å². The second kappa shape index (κ2) is 6.02. The molecule has 0 radical (unpaired) electrons. The first-order valence-corrected chi connectivity index (χ1v) is 7.85. The van der Waals surface area contributed by atoms with Gasteiger partial charge in [-0.15, -0.1) is 0 Å². The fourth-order valence-corrected chi connectivity index (χ4v) is 3.80. The summed E-state index contributed by atoms with van der Waals surface area (Å²) in [6, 6.07) is 4.77. The Morgan fingerprint density at radius 3 is 2.76 bits per heavy atom. The van der Waals surface area contributed by atoms with E-state index in [4.69, 9.17) is 0 Å². The Balaban J connectivity index is 1.83. The van der Waals surface area contributed by atoms with Crippen LogP contribution in [0.4, 0.5) is 0 Å². The minimum Gasteiger partial charge on any atom is -0.393 e. The Morgan fingerprint density at radius 2 is 2.05 bits per heavy atom. The van der Waals surface area contributed by atoms with E-state index >= 15 is 0 Å². The molecule has 3 unspecified atom stereocenters. The van der Waals surface area contributed by atoms with Crippen LogP contribution in [0.2, 0.25) is 0 Å². The third-order valence-corrected chi connectivity index (χ3v) is 4.83. The van der Waals surface area contributed by atoms with Crippen molar-refractivity contribution in [1.29, 1.82) is 0 Å². The van der Waals surface area contributed by atoms with Crippen LogP contribution in [0, 0.1) is 5.92 Å². The Morgan fingerprint density at radius 1 is 1.19 bits per heavy atom. The van der Waals surface area contributed by atoms with Crippen molar-refractivity contribution in [3.8, 4) is 0 Å². The van der Waals surface area contributed by atoms with Gasteiger partial charge in [0.1, 0.15) is 5.69 Å². The number of rotatable bonds is 2. The molecule has 3 atom stereocenters. The van der Waals surface area contributed by atoms with Gasteiger partial charge >= 0.3 is 0 Å². The van der Waals surface area contributed by atoms with Crippen molar-refractivity contribution in [3.05, 3.63) is 34.2 Å². The van der Waals surface area contributed by atoms with Crippen LogP contribution in [0.15, 0.2) is 23.0 Å². The van der Waals surface area contributed by atoms with E-state index in [1.54, 1.807) is 12.1 Å². The van der Waals surface area contributed by atoms with Gasteiger partial charge in [0, 0.05) is 24.6 Å². The van der Waals surface area contributed by atoms with Gasteiger partial charge in [0.25, 0.3) is 5.91 Å². The molecule has 2 N–H and O–H groups in total. The summed E-state index contributed by atoms with van der Waals surface area (Å²) in [4.78, 5) is 28.6. The summed E-state index contributed by atoms with van der Waals surface area (Å²) in [7, 11) is 0. The minimum atomic E-state index is -0.293. The number of aromatic amines is 1. The van der Waals surface area contributed by atoms with E-state index in [-0.39, 0.29) is 29.5 Å². The summed E-state index contributed by atoms with van der Waals surface area (Å²) < 4.78 is 0. The van der Waals surface area contributed by atoms with E-state index in [0.29, 0.717) is 12.2 Å². The van der Waals surface area contributed by atoms with E-state index < -0.39 is 0 Å². The largest absolute Gasteiger partial charge is 0.393 e. The average Bonchev–Trinajstić information content (AvgIpc) is 2.92. The highest BCUT2D eigenvalue weighted by Gasteiger charge is 2.39. The molecule has 1 aliphatic heterocycles. The summed E-state index contributed by atoms with van der Waals surface area (Å²) in [5, 5.41) is 10.2.